The third kappa shape index (κ3) is 6.21. The minimum atomic E-state index is -0.482. The van der Waals surface area contributed by atoms with Crippen molar-refractivity contribution in [3.05, 3.63) is 92.2 Å². The van der Waals surface area contributed by atoms with E-state index in [0.29, 0.717) is 36.5 Å². The van der Waals surface area contributed by atoms with E-state index in [1.807, 2.05) is 64.2 Å². The normalized spacial score (nSPS) is 19.0. The van der Waals surface area contributed by atoms with Crippen molar-refractivity contribution in [2.45, 2.75) is 83.8 Å². The molecular formula is C32H34BCl2NO4. The Balaban J connectivity index is 0.000000162. The molecule has 1 saturated heterocycles. The smallest absolute Gasteiger partial charge is 0.399 e. The number of ketones is 2. The summed E-state index contributed by atoms with van der Waals surface area (Å²) in [5.74, 6) is 0.604. The molecule has 3 aliphatic rings. The lowest BCUT2D eigenvalue weighted by atomic mass is 9.76. The van der Waals surface area contributed by atoms with Gasteiger partial charge in [0, 0.05) is 60.0 Å². The Morgan fingerprint density at radius 3 is 1.95 bits per heavy atom. The molecule has 0 spiro atoms. The van der Waals surface area contributed by atoms with Crippen LogP contribution in [0.2, 0.25) is 10.0 Å². The van der Waals surface area contributed by atoms with Gasteiger partial charge in [0.1, 0.15) is 11.6 Å². The van der Waals surface area contributed by atoms with E-state index in [1.165, 1.54) is 11.1 Å². The molecule has 0 bridgehead atoms. The number of benzene rings is 2. The lowest BCUT2D eigenvalue weighted by Crippen LogP contribution is -2.41. The molecule has 8 heteroatoms. The zero-order chi connectivity index (χ0) is 28.7. The fourth-order valence-corrected chi connectivity index (χ4v) is 5.87. The monoisotopic (exact) mass is 577 g/mol. The van der Waals surface area contributed by atoms with E-state index in [9.17, 15) is 9.59 Å². The highest BCUT2D eigenvalue weighted by atomic mass is 35.5. The Labute approximate surface area is 246 Å². The van der Waals surface area contributed by atoms with Crippen LogP contribution in [0.15, 0.2) is 48.8 Å². The number of Topliss-reactive ketones (excluding diaryl/α,β-unsaturated/α-hetero) is 2. The molecule has 1 fully saturated rings. The van der Waals surface area contributed by atoms with Gasteiger partial charge in [0.2, 0.25) is 0 Å². The molecule has 2 aliphatic carbocycles. The molecular weight excluding hydrogens is 544 g/mol. The van der Waals surface area contributed by atoms with Crippen LogP contribution in [0, 0.1) is 0 Å². The summed E-state index contributed by atoms with van der Waals surface area (Å²) in [6.07, 6.45) is 8.25. The van der Waals surface area contributed by atoms with Gasteiger partial charge in [0.25, 0.3) is 0 Å². The van der Waals surface area contributed by atoms with E-state index >= 15 is 0 Å². The van der Waals surface area contributed by atoms with Crippen molar-refractivity contribution in [3.8, 4) is 0 Å². The molecule has 0 radical (unpaired) electrons. The molecule has 2 heterocycles. The number of aryl methyl sites for hydroxylation is 2. The van der Waals surface area contributed by atoms with Crippen LogP contribution in [-0.4, -0.2) is 34.9 Å². The van der Waals surface area contributed by atoms with Crippen molar-refractivity contribution in [2.75, 3.05) is 0 Å². The first-order valence-corrected chi connectivity index (χ1v) is 14.6. The Morgan fingerprint density at radius 2 is 1.38 bits per heavy atom. The first-order chi connectivity index (χ1) is 18.9. The number of fused-ring (bicyclic) bond motifs is 2. The van der Waals surface area contributed by atoms with Crippen LogP contribution in [0.4, 0.5) is 0 Å². The quantitative estimate of drug-likeness (QED) is 0.353. The lowest BCUT2D eigenvalue weighted by molar-refractivity contribution is -0.119. The van der Waals surface area contributed by atoms with Crippen LogP contribution in [0.5, 0.6) is 0 Å². The van der Waals surface area contributed by atoms with Gasteiger partial charge in [-0.25, -0.2) is 0 Å². The zero-order valence-electron chi connectivity index (χ0n) is 23.5. The molecule has 0 unspecified atom stereocenters. The average Bonchev–Trinajstić information content (AvgIpc) is 3.12. The van der Waals surface area contributed by atoms with Crippen molar-refractivity contribution in [3.63, 3.8) is 0 Å². The summed E-state index contributed by atoms with van der Waals surface area (Å²) in [7, 11) is -0.482. The van der Waals surface area contributed by atoms with Gasteiger partial charge < -0.3 is 9.31 Å². The number of carbonyl (C=O) groups is 2. The second-order valence-corrected chi connectivity index (χ2v) is 12.7. The second-order valence-electron chi connectivity index (χ2n) is 11.9. The Bertz CT molecular complexity index is 1440. The Hall–Kier alpha value is -2.51. The van der Waals surface area contributed by atoms with E-state index in [1.54, 1.807) is 6.20 Å². The van der Waals surface area contributed by atoms with Gasteiger partial charge in [-0.2, -0.15) is 0 Å². The predicted molar refractivity (Wildman–Crippen MR) is 160 cm³/mol. The predicted octanol–water partition coefficient (Wildman–Crippen LogP) is 6.08. The zero-order valence-corrected chi connectivity index (χ0v) is 25.0. The number of hydrogen-bond acceptors (Lipinski definition) is 5. The molecule has 3 aromatic rings. The fraction of sp³-hybridized carbons (Fsp3) is 0.406. The molecule has 0 atom stereocenters. The molecule has 2 aromatic carbocycles. The van der Waals surface area contributed by atoms with E-state index in [-0.39, 0.29) is 5.78 Å². The van der Waals surface area contributed by atoms with Crippen LogP contribution in [0.3, 0.4) is 0 Å². The number of hydrogen-bond donors (Lipinski definition) is 0. The summed E-state index contributed by atoms with van der Waals surface area (Å²) in [5, 5.41) is 1.44. The Kier molecular flexibility index (Phi) is 8.27. The number of carbonyl (C=O) groups excluding carboxylic acids is 2. The topological polar surface area (TPSA) is 65.5 Å². The van der Waals surface area contributed by atoms with Gasteiger partial charge in [-0.1, -0.05) is 41.4 Å². The van der Waals surface area contributed by atoms with Crippen molar-refractivity contribution in [2.24, 2.45) is 0 Å². The van der Waals surface area contributed by atoms with E-state index in [4.69, 9.17) is 32.5 Å². The van der Waals surface area contributed by atoms with Crippen LogP contribution >= 0.6 is 23.2 Å². The highest BCUT2D eigenvalue weighted by Crippen LogP contribution is 2.37. The number of halogens is 2. The SMILES string of the molecule is CC1(C)OB(c2cc3c(cc2Cl)CCC(=O)C3)OC1(C)C.O=C1CCc2cc(Cl)c(Cc3cccnc3)cc2C1. The third-order valence-electron chi connectivity index (χ3n) is 8.43. The molecule has 0 amide bonds. The summed E-state index contributed by atoms with van der Waals surface area (Å²) in [5.41, 5.74) is 6.82. The molecule has 1 aliphatic heterocycles. The van der Waals surface area contributed by atoms with Crippen molar-refractivity contribution in [1.82, 2.24) is 4.98 Å². The highest BCUT2D eigenvalue weighted by molar-refractivity contribution is 6.65. The van der Waals surface area contributed by atoms with Crippen molar-refractivity contribution < 1.29 is 18.9 Å². The maximum Gasteiger partial charge on any atom is 0.496 e. The van der Waals surface area contributed by atoms with Gasteiger partial charge >= 0.3 is 7.12 Å². The second kappa shape index (κ2) is 11.4. The molecule has 6 rings (SSSR count). The van der Waals surface area contributed by atoms with Crippen LogP contribution in [0.1, 0.15) is 73.9 Å². The summed E-state index contributed by atoms with van der Waals surface area (Å²) in [6.45, 7) is 8.07. The summed E-state index contributed by atoms with van der Waals surface area (Å²) < 4.78 is 12.1. The minimum absolute atomic E-state index is 0.282. The lowest BCUT2D eigenvalue weighted by Gasteiger charge is -2.32. The standard InChI is InChI=1S/C16H20BClO3.C16H14ClNO/c1-15(2)16(3,4)21-17(20-15)13-8-11-7-12(19)6-5-10(11)9-14(13)18;17-16-9-12-3-4-15(19)8-13(12)7-14(16)6-11-2-1-5-18-10-11/h8-9H,5-7H2,1-4H3;1-2,5,7,9-10H,3-4,6,8H2. The van der Waals surface area contributed by atoms with E-state index < -0.39 is 18.3 Å². The highest BCUT2D eigenvalue weighted by Gasteiger charge is 2.52. The van der Waals surface area contributed by atoms with Crippen molar-refractivity contribution >= 4 is 47.3 Å². The molecule has 1 aromatic heterocycles. The number of nitrogens with zero attached hydrogens (tertiary/aromatic N) is 1. The summed E-state index contributed by atoms with van der Waals surface area (Å²) in [4.78, 5) is 27.3. The largest absolute Gasteiger partial charge is 0.496 e. The first-order valence-electron chi connectivity index (χ1n) is 13.8. The van der Waals surface area contributed by atoms with Crippen LogP contribution < -0.4 is 5.46 Å². The fourth-order valence-electron chi connectivity index (χ4n) is 5.34. The van der Waals surface area contributed by atoms with E-state index in [0.717, 1.165) is 52.0 Å². The van der Waals surface area contributed by atoms with Gasteiger partial charge in [0.15, 0.2) is 0 Å². The Morgan fingerprint density at radius 1 is 0.800 bits per heavy atom. The van der Waals surface area contributed by atoms with Gasteiger partial charge in [-0.05, 0) is 92.1 Å². The third-order valence-corrected chi connectivity index (χ3v) is 9.11. The molecule has 40 heavy (non-hydrogen) atoms. The molecule has 0 N–H and O–H groups in total. The maximum absolute atomic E-state index is 11.7. The number of rotatable bonds is 3. The maximum atomic E-state index is 11.7. The van der Waals surface area contributed by atoms with Gasteiger partial charge in [0.05, 0.1) is 11.2 Å². The summed E-state index contributed by atoms with van der Waals surface area (Å²) in [6, 6.07) is 12.0. The molecule has 5 nitrogen and oxygen atoms in total. The number of pyridine rings is 1. The van der Waals surface area contributed by atoms with Crippen LogP contribution in [-0.2, 0) is 51.0 Å². The first kappa shape index (κ1) is 29.0. The van der Waals surface area contributed by atoms with Gasteiger partial charge in [-0.3, -0.25) is 14.6 Å². The molecule has 0 saturated carbocycles. The van der Waals surface area contributed by atoms with Crippen LogP contribution in [0.25, 0.3) is 0 Å². The van der Waals surface area contributed by atoms with Gasteiger partial charge in [-0.15, -0.1) is 0 Å². The average molecular weight is 578 g/mol. The number of aromatic nitrogens is 1. The van der Waals surface area contributed by atoms with E-state index in [2.05, 4.69) is 11.1 Å². The molecule has 208 valence electrons. The minimum Gasteiger partial charge on any atom is -0.399 e. The summed E-state index contributed by atoms with van der Waals surface area (Å²) >= 11 is 12.8. The van der Waals surface area contributed by atoms with Crippen molar-refractivity contribution in [1.29, 1.82) is 0 Å².